The number of benzene rings is 3. The molecule has 1 N–H and O–H groups in total. The minimum absolute atomic E-state index is 0.112. The van der Waals surface area contributed by atoms with Gasteiger partial charge < -0.3 is 14.6 Å². The van der Waals surface area contributed by atoms with Gasteiger partial charge in [-0.2, -0.15) is 18.4 Å². The Balaban J connectivity index is 1.39. The van der Waals surface area contributed by atoms with E-state index in [0.717, 1.165) is 28.8 Å². The highest BCUT2D eigenvalue weighted by atomic mass is 19.4. The molecular weight excluding hydrogens is 560 g/mol. The highest BCUT2D eigenvalue weighted by Crippen LogP contribution is 2.72. The molecule has 222 valence electrons. The molecule has 1 aliphatic heterocycles. The lowest BCUT2D eigenvalue weighted by Gasteiger charge is -2.36. The minimum Gasteiger partial charge on any atom is -0.444 e. The van der Waals surface area contributed by atoms with Crippen LogP contribution in [-0.2, 0) is 16.3 Å². The first-order valence-electron chi connectivity index (χ1n) is 14.1. The van der Waals surface area contributed by atoms with Crippen LogP contribution in [0.1, 0.15) is 62.5 Å². The second-order valence-electron chi connectivity index (χ2n) is 12.5. The van der Waals surface area contributed by atoms with Gasteiger partial charge >= 0.3 is 12.3 Å². The SMILES string of the molecule is CC(C)(C)OC(=O)N1CCC2(CC1)CC2(c1ccc(-c2cccc(C#N)c2)cc1)c1nc2cc(F)c(C(F)(F)F)cc2[nH]1. The average molecular weight is 591 g/mol. The predicted molar refractivity (Wildman–Crippen MR) is 153 cm³/mol. The summed E-state index contributed by atoms with van der Waals surface area (Å²) in [5.41, 5.74) is 0.548. The summed E-state index contributed by atoms with van der Waals surface area (Å²) in [4.78, 5) is 22.2. The monoisotopic (exact) mass is 590 g/mol. The van der Waals surface area contributed by atoms with E-state index in [4.69, 9.17) is 4.74 Å². The summed E-state index contributed by atoms with van der Waals surface area (Å²) in [7, 11) is 0. The number of halogens is 4. The second-order valence-corrected chi connectivity index (χ2v) is 12.5. The Morgan fingerprint density at radius 1 is 1.02 bits per heavy atom. The van der Waals surface area contributed by atoms with Crippen LogP contribution in [0.5, 0.6) is 0 Å². The number of carbonyl (C=O) groups excluding carboxylic acids is 1. The Morgan fingerprint density at radius 2 is 1.72 bits per heavy atom. The van der Waals surface area contributed by atoms with Gasteiger partial charge in [-0.3, -0.25) is 0 Å². The third kappa shape index (κ3) is 5.01. The zero-order valence-corrected chi connectivity index (χ0v) is 24.0. The van der Waals surface area contributed by atoms with Crippen LogP contribution in [0.15, 0.2) is 60.7 Å². The number of piperidine rings is 1. The second kappa shape index (κ2) is 9.83. The minimum atomic E-state index is -4.84. The van der Waals surface area contributed by atoms with Gasteiger partial charge in [-0.25, -0.2) is 14.2 Å². The van der Waals surface area contributed by atoms with Gasteiger partial charge in [0.25, 0.3) is 0 Å². The lowest BCUT2D eigenvalue weighted by atomic mass is 9.79. The molecule has 1 unspecified atom stereocenters. The molecule has 1 aromatic heterocycles. The van der Waals surface area contributed by atoms with Crippen molar-refractivity contribution in [3.8, 4) is 17.2 Å². The maximum absolute atomic E-state index is 14.5. The molecule has 43 heavy (non-hydrogen) atoms. The number of aromatic nitrogens is 2. The molecule has 1 saturated heterocycles. The van der Waals surface area contributed by atoms with Crippen molar-refractivity contribution in [2.75, 3.05) is 13.1 Å². The maximum atomic E-state index is 14.5. The van der Waals surface area contributed by atoms with Crippen molar-refractivity contribution in [3.05, 3.63) is 89.0 Å². The number of ether oxygens (including phenoxy) is 1. The zero-order valence-electron chi connectivity index (χ0n) is 24.0. The molecule has 2 fully saturated rings. The van der Waals surface area contributed by atoms with Gasteiger partial charge in [0.05, 0.1) is 33.6 Å². The number of nitrogens with zero attached hydrogens (tertiary/aromatic N) is 3. The molecule has 0 radical (unpaired) electrons. The largest absolute Gasteiger partial charge is 0.444 e. The zero-order chi connectivity index (χ0) is 30.8. The number of likely N-dealkylation sites (tertiary alicyclic amines) is 1. The highest BCUT2D eigenvalue weighted by molar-refractivity contribution is 5.77. The Kier molecular flexibility index (Phi) is 6.56. The first kappa shape index (κ1) is 28.7. The number of hydrogen-bond donors (Lipinski definition) is 1. The summed E-state index contributed by atoms with van der Waals surface area (Å²) in [6, 6.07) is 18.9. The molecule has 2 aliphatic rings. The molecule has 0 bridgehead atoms. The highest BCUT2D eigenvalue weighted by Gasteiger charge is 2.70. The maximum Gasteiger partial charge on any atom is 0.419 e. The third-order valence-corrected chi connectivity index (χ3v) is 8.74. The summed E-state index contributed by atoms with van der Waals surface area (Å²) in [5, 5.41) is 9.30. The van der Waals surface area contributed by atoms with E-state index in [0.29, 0.717) is 43.7 Å². The van der Waals surface area contributed by atoms with E-state index in [1.165, 1.54) is 0 Å². The van der Waals surface area contributed by atoms with Crippen molar-refractivity contribution in [2.24, 2.45) is 5.41 Å². The van der Waals surface area contributed by atoms with Gasteiger partial charge in [0, 0.05) is 19.2 Å². The standard InChI is InChI=1S/C33H30F4N4O2/c1-30(2,3)43-29(42)41-13-11-31(12-14-41)19-32(31,23-9-7-21(8-10-23)22-6-4-5-20(15-22)18-38)28-39-26-16-24(33(35,36)37)25(34)17-27(26)40-28/h4-10,15-17H,11-14,19H2,1-3H3,(H,39,40). The topological polar surface area (TPSA) is 82.0 Å². The molecular formula is C33H30F4N4O2. The molecule has 10 heteroatoms. The fraction of sp³-hybridized carbons (Fsp3) is 0.364. The van der Waals surface area contributed by atoms with Crippen LogP contribution >= 0.6 is 0 Å². The first-order valence-corrected chi connectivity index (χ1v) is 14.1. The van der Waals surface area contributed by atoms with Crippen molar-refractivity contribution in [2.45, 2.75) is 57.2 Å². The quantitative estimate of drug-likeness (QED) is 0.246. The number of aromatic amines is 1. The Bertz CT molecular complexity index is 1760. The predicted octanol–water partition coefficient (Wildman–Crippen LogP) is 7.97. The lowest BCUT2D eigenvalue weighted by Crippen LogP contribution is -2.43. The molecule has 6 rings (SSSR count). The number of hydrogen-bond acceptors (Lipinski definition) is 4. The lowest BCUT2D eigenvalue weighted by molar-refractivity contribution is -0.139. The van der Waals surface area contributed by atoms with E-state index < -0.39 is 28.6 Å². The van der Waals surface area contributed by atoms with Crippen LogP contribution in [0.3, 0.4) is 0 Å². The molecule has 2 heterocycles. The fourth-order valence-corrected chi connectivity index (χ4v) is 6.56. The van der Waals surface area contributed by atoms with Gasteiger partial charge in [0.2, 0.25) is 0 Å². The molecule has 1 saturated carbocycles. The van der Waals surface area contributed by atoms with Crippen molar-refractivity contribution in [3.63, 3.8) is 0 Å². The van der Waals surface area contributed by atoms with Crippen LogP contribution in [0.4, 0.5) is 22.4 Å². The molecule has 1 spiro atoms. The van der Waals surface area contributed by atoms with Crippen molar-refractivity contribution >= 4 is 17.1 Å². The van der Waals surface area contributed by atoms with Gasteiger partial charge in [-0.05, 0) is 80.3 Å². The van der Waals surface area contributed by atoms with Crippen molar-refractivity contribution in [1.29, 1.82) is 5.26 Å². The summed E-state index contributed by atoms with van der Waals surface area (Å²) < 4.78 is 60.5. The molecule has 3 aromatic carbocycles. The number of imidazole rings is 1. The Labute approximate surface area is 246 Å². The Hall–Kier alpha value is -4.39. The number of H-pyrrole nitrogens is 1. The van der Waals surface area contributed by atoms with Crippen LogP contribution in [0, 0.1) is 22.6 Å². The molecule has 1 atom stereocenters. The van der Waals surface area contributed by atoms with E-state index in [1.807, 2.05) is 63.2 Å². The van der Waals surface area contributed by atoms with Crippen LogP contribution in [-0.4, -0.2) is 39.7 Å². The summed E-state index contributed by atoms with van der Waals surface area (Å²) in [6.45, 7) is 6.37. The third-order valence-electron chi connectivity index (χ3n) is 8.74. The number of fused-ring (bicyclic) bond motifs is 1. The first-order chi connectivity index (χ1) is 20.2. The van der Waals surface area contributed by atoms with Crippen LogP contribution < -0.4 is 0 Å². The normalized spacial score (nSPS) is 19.8. The van der Waals surface area contributed by atoms with E-state index in [9.17, 15) is 27.6 Å². The smallest absolute Gasteiger partial charge is 0.419 e. The van der Waals surface area contributed by atoms with Gasteiger partial charge in [0.1, 0.15) is 17.2 Å². The summed E-state index contributed by atoms with van der Waals surface area (Å²) >= 11 is 0. The fourth-order valence-electron chi connectivity index (χ4n) is 6.56. The average Bonchev–Trinajstić information content (AvgIpc) is 3.39. The van der Waals surface area contributed by atoms with Gasteiger partial charge in [0.15, 0.2) is 0 Å². The van der Waals surface area contributed by atoms with Crippen molar-refractivity contribution < 1.29 is 27.1 Å². The number of amides is 1. The molecule has 6 nitrogen and oxygen atoms in total. The molecule has 1 aliphatic carbocycles. The number of carbonyl (C=O) groups is 1. The number of rotatable bonds is 3. The van der Waals surface area contributed by atoms with E-state index in [-0.39, 0.29) is 22.5 Å². The van der Waals surface area contributed by atoms with Gasteiger partial charge in [-0.15, -0.1) is 0 Å². The summed E-state index contributed by atoms with van der Waals surface area (Å²) in [5.74, 6) is -0.890. The van der Waals surface area contributed by atoms with Crippen molar-refractivity contribution in [1.82, 2.24) is 14.9 Å². The van der Waals surface area contributed by atoms with E-state index in [2.05, 4.69) is 16.0 Å². The summed E-state index contributed by atoms with van der Waals surface area (Å²) in [6.07, 6.45) is -3.28. The number of alkyl halides is 3. The van der Waals surface area contributed by atoms with Crippen LogP contribution in [0.2, 0.25) is 0 Å². The number of nitriles is 1. The number of nitrogens with one attached hydrogen (secondary N) is 1. The molecule has 1 amide bonds. The van der Waals surface area contributed by atoms with Crippen LogP contribution in [0.25, 0.3) is 22.2 Å². The Morgan fingerprint density at radius 3 is 2.35 bits per heavy atom. The van der Waals surface area contributed by atoms with E-state index >= 15 is 0 Å². The van der Waals surface area contributed by atoms with E-state index in [1.54, 1.807) is 11.0 Å². The molecule has 4 aromatic rings. The van der Waals surface area contributed by atoms with Gasteiger partial charge in [-0.1, -0.05) is 36.4 Å².